The molecular weight excluding hydrogens is 239 g/mol. The molecule has 1 aliphatic rings. The van der Waals surface area contributed by atoms with Crippen LogP contribution < -0.4 is 0 Å². The molecule has 0 radical (unpaired) electrons. The van der Waals surface area contributed by atoms with Gasteiger partial charge in [-0.05, 0) is 38.7 Å². The zero-order valence-corrected chi connectivity index (χ0v) is 11.5. The second-order valence-corrected chi connectivity index (χ2v) is 5.34. The highest BCUT2D eigenvalue weighted by Gasteiger charge is 2.30. The first-order valence-electron chi connectivity index (χ1n) is 6.05. The number of hydrogen-bond donors (Lipinski definition) is 0. The third-order valence-corrected chi connectivity index (χ3v) is 4.06. The SMILES string of the molecule is C=CCC1=C(OP(=O)(OCC)OCC)CCC1. The number of rotatable bonds is 8. The molecule has 17 heavy (non-hydrogen) atoms. The highest BCUT2D eigenvalue weighted by Crippen LogP contribution is 2.53. The highest BCUT2D eigenvalue weighted by atomic mass is 31.2. The van der Waals surface area contributed by atoms with Gasteiger partial charge in [0, 0.05) is 6.42 Å². The first-order valence-corrected chi connectivity index (χ1v) is 7.51. The molecule has 0 aromatic carbocycles. The van der Waals surface area contributed by atoms with E-state index >= 15 is 0 Å². The minimum Gasteiger partial charge on any atom is -0.409 e. The van der Waals surface area contributed by atoms with Gasteiger partial charge >= 0.3 is 7.82 Å². The number of hydrogen-bond acceptors (Lipinski definition) is 4. The van der Waals surface area contributed by atoms with Gasteiger partial charge < -0.3 is 4.52 Å². The quantitative estimate of drug-likeness (QED) is 0.484. The predicted molar refractivity (Wildman–Crippen MR) is 67.6 cm³/mol. The minimum absolute atomic E-state index is 0.307. The van der Waals surface area contributed by atoms with E-state index in [0.717, 1.165) is 37.0 Å². The Balaban J connectivity index is 2.75. The Bertz CT molecular complexity index is 325. The normalized spacial score (nSPS) is 16.4. The summed E-state index contributed by atoms with van der Waals surface area (Å²) in [6.45, 7) is 7.85. The van der Waals surface area contributed by atoms with Crippen molar-refractivity contribution in [2.45, 2.75) is 39.5 Å². The van der Waals surface area contributed by atoms with E-state index in [1.165, 1.54) is 0 Å². The van der Waals surface area contributed by atoms with Gasteiger partial charge in [-0.2, -0.15) is 0 Å². The third-order valence-electron chi connectivity index (χ3n) is 2.46. The molecule has 0 saturated heterocycles. The standard InChI is InChI=1S/C12H21O4P/c1-4-8-11-9-7-10-12(11)16-17(13,14-5-2)15-6-3/h4H,1,5-10H2,2-3H3. The van der Waals surface area contributed by atoms with Crippen LogP contribution in [-0.4, -0.2) is 13.2 Å². The average Bonchev–Trinajstić information content (AvgIpc) is 2.66. The van der Waals surface area contributed by atoms with E-state index in [4.69, 9.17) is 13.6 Å². The maximum atomic E-state index is 12.2. The van der Waals surface area contributed by atoms with Gasteiger partial charge in [0.15, 0.2) is 0 Å². The van der Waals surface area contributed by atoms with Crippen LogP contribution in [0, 0.1) is 0 Å². The molecule has 1 rings (SSSR count). The molecule has 0 aliphatic heterocycles. The van der Waals surface area contributed by atoms with Crippen LogP contribution >= 0.6 is 7.82 Å². The summed E-state index contributed by atoms with van der Waals surface area (Å²) < 4.78 is 27.9. The van der Waals surface area contributed by atoms with Crippen LogP contribution in [0.4, 0.5) is 0 Å². The van der Waals surface area contributed by atoms with Crippen molar-refractivity contribution in [3.05, 3.63) is 24.0 Å². The fourth-order valence-electron chi connectivity index (χ4n) is 1.82. The Morgan fingerprint density at radius 2 is 1.94 bits per heavy atom. The number of phosphoric acid groups is 1. The van der Waals surface area contributed by atoms with Crippen molar-refractivity contribution in [2.24, 2.45) is 0 Å². The lowest BCUT2D eigenvalue weighted by Gasteiger charge is -2.18. The van der Waals surface area contributed by atoms with Crippen LogP contribution in [0.2, 0.25) is 0 Å². The zero-order chi connectivity index (χ0) is 12.7. The maximum absolute atomic E-state index is 12.2. The van der Waals surface area contributed by atoms with E-state index < -0.39 is 7.82 Å². The summed E-state index contributed by atoms with van der Waals surface area (Å²) in [4.78, 5) is 0. The average molecular weight is 260 g/mol. The second kappa shape index (κ2) is 7.00. The molecule has 0 N–H and O–H groups in total. The van der Waals surface area contributed by atoms with Gasteiger partial charge in [-0.25, -0.2) is 4.57 Å². The summed E-state index contributed by atoms with van der Waals surface area (Å²) in [5.74, 6) is 0.759. The molecule has 0 amide bonds. The molecule has 0 heterocycles. The Kier molecular flexibility index (Phi) is 5.96. The topological polar surface area (TPSA) is 44.8 Å². The van der Waals surface area contributed by atoms with Crippen molar-refractivity contribution in [3.63, 3.8) is 0 Å². The molecule has 0 aromatic heterocycles. The summed E-state index contributed by atoms with van der Waals surface area (Å²) in [5.41, 5.74) is 1.15. The minimum atomic E-state index is -3.42. The number of phosphoric ester groups is 1. The van der Waals surface area contributed by atoms with Gasteiger partial charge in [-0.1, -0.05) is 6.08 Å². The van der Waals surface area contributed by atoms with E-state index in [1.807, 2.05) is 6.08 Å². The van der Waals surface area contributed by atoms with Gasteiger partial charge in [0.05, 0.1) is 13.2 Å². The molecule has 0 bridgehead atoms. The van der Waals surface area contributed by atoms with Crippen LogP contribution in [0.25, 0.3) is 0 Å². The maximum Gasteiger partial charge on any atom is 0.529 e. The van der Waals surface area contributed by atoms with E-state index in [-0.39, 0.29) is 0 Å². The van der Waals surface area contributed by atoms with Gasteiger partial charge in [-0.3, -0.25) is 9.05 Å². The van der Waals surface area contributed by atoms with Crippen molar-refractivity contribution < 1.29 is 18.1 Å². The molecule has 0 atom stereocenters. The van der Waals surface area contributed by atoms with Crippen molar-refractivity contribution in [1.29, 1.82) is 0 Å². The highest BCUT2D eigenvalue weighted by molar-refractivity contribution is 7.48. The Morgan fingerprint density at radius 3 is 2.47 bits per heavy atom. The molecule has 5 heteroatoms. The second-order valence-electron chi connectivity index (χ2n) is 3.75. The van der Waals surface area contributed by atoms with E-state index in [0.29, 0.717) is 13.2 Å². The lowest BCUT2D eigenvalue weighted by molar-refractivity contribution is 0.143. The van der Waals surface area contributed by atoms with Crippen LogP contribution in [0.5, 0.6) is 0 Å². The lowest BCUT2D eigenvalue weighted by Crippen LogP contribution is -2.00. The monoisotopic (exact) mass is 260 g/mol. The Morgan fingerprint density at radius 1 is 1.29 bits per heavy atom. The van der Waals surface area contributed by atoms with Crippen molar-refractivity contribution in [1.82, 2.24) is 0 Å². The van der Waals surface area contributed by atoms with E-state index in [2.05, 4.69) is 6.58 Å². The molecule has 4 nitrogen and oxygen atoms in total. The molecule has 0 saturated carbocycles. The summed E-state index contributed by atoms with van der Waals surface area (Å²) in [6.07, 6.45) is 5.40. The molecule has 1 aliphatic carbocycles. The van der Waals surface area contributed by atoms with E-state index in [9.17, 15) is 4.57 Å². The lowest BCUT2D eigenvalue weighted by atomic mass is 10.2. The van der Waals surface area contributed by atoms with E-state index in [1.54, 1.807) is 13.8 Å². The van der Waals surface area contributed by atoms with Gasteiger partial charge in [0.1, 0.15) is 5.76 Å². The molecule has 98 valence electrons. The molecular formula is C12H21O4P. The van der Waals surface area contributed by atoms with Gasteiger partial charge in [-0.15, -0.1) is 6.58 Å². The van der Waals surface area contributed by atoms with Gasteiger partial charge in [0.25, 0.3) is 0 Å². The third kappa shape index (κ3) is 4.30. The van der Waals surface area contributed by atoms with Crippen LogP contribution in [0.1, 0.15) is 39.5 Å². The Hall–Kier alpha value is -0.570. The summed E-state index contributed by atoms with van der Waals surface area (Å²) >= 11 is 0. The van der Waals surface area contributed by atoms with Crippen molar-refractivity contribution in [3.8, 4) is 0 Å². The summed E-state index contributed by atoms with van der Waals surface area (Å²) in [5, 5.41) is 0. The molecule has 0 spiro atoms. The van der Waals surface area contributed by atoms with Crippen LogP contribution in [-0.2, 0) is 18.1 Å². The summed E-state index contributed by atoms with van der Waals surface area (Å²) in [7, 11) is -3.42. The zero-order valence-electron chi connectivity index (χ0n) is 10.6. The summed E-state index contributed by atoms with van der Waals surface area (Å²) in [6, 6.07) is 0. The van der Waals surface area contributed by atoms with Gasteiger partial charge in [0.2, 0.25) is 0 Å². The Labute approximate surface area is 103 Å². The fourth-order valence-corrected chi connectivity index (χ4v) is 3.12. The smallest absolute Gasteiger partial charge is 0.409 e. The van der Waals surface area contributed by atoms with Crippen LogP contribution in [0.15, 0.2) is 24.0 Å². The van der Waals surface area contributed by atoms with Crippen molar-refractivity contribution in [2.75, 3.05) is 13.2 Å². The fraction of sp³-hybridized carbons (Fsp3) is 0.667. The largest absolute Gasteiger partial charge is 0.529 e. The van der Waals surface area contributed by atoms with Crippen LogP contribution in [0.3, 0.4) is 0 Å². The first-order chi connectivity index (χ1) is 8.15. The van der Waals surface area contributed by atoms with Crippen molar-refractivity contribution >= 4 is 7.82 Å². The molecule has 0 unspecified atom stereocenters. The number of allylic oxidation sites excluding steroid dienone is 3. The molecule has 0 aromatic rings. The molecule has 0 fully saturated rings. The first kappa shape index (κ1) is 14.5. The predicted octanol–water partition coefficient (Wildman–Crippen LogP) is 4.20.